The van der Waals surface area contributed by atoms with Crippen LogP contribution in [-0.4, -0.2) is 87.4 Å². The van der Waals surface area contributed by atoms with Crippen LogP contribution in [0.4, 0.5) is 17.6 Å². The zero-order valence-electron chi connectivity index (χ0n) is 33.3. The molecule has 5 atom stereocenters. The van der Waals surface area contributed by atoms with Crippen molar-refractivity contribution in [3.05, 3.63) is 72.3 Å². The zero-order chi connectivity index (χ0) is 43.5. The lowest BCUT2D eigenvalue weighted by Gasteiger charge is -2.29. The fourth-order valence-corrected chi connectivity index (χ4v) is 9.76. The molecule has 3 fully saturated rings. The number of fused-ring (bicyclic) bond motifs is 5. The van der Waals surface area contributed by atoms with Crippen LogP contribution in [0.2, 0.25) is 0 Å². The third kappa shape index (κ3) is 8.65. The Kier molecular flexibility index (Phi) is 10.8. The quantitative estimate of drug-likeness (QED) is 0.125. The molecule has 4 aromatic rings. The predicted molar refractivity (Wildman–Crippen MR) is 212 cm³/mol. The summed E-state index contributed by atoms with van der Waals surface area (Å²) in [5.41, 5.74) is -1.23. The molecule has 2 aliphatic heterocycles. The number of alkyl halides is 3. The van der Waals surface area contributed by atoms with Gasteiger partial charge in [0, 0.05) is 42.9 Å². The average Bonchev–Trinajstić information content (AvgIpc) is 3.99. The number of nitrogens with one attached hydrogen (secondary N) is 2. The minimum absolute atomic E-state index is 0.0638. The van der Waals surface area contributed by atoms with Crippen LogP contribution in [0.5, 0.6) is 11.6 Å². The van der Waals surface area contributed by atoms with Crippen LogP contribution in [-0.2, 0) is 31.5 Å². The smallest absolute Gasteiger partial charge is 0.472 e. The van der Waals surface area contributed by atoms with Gasteiger partial charge in [0.15, 0.2) is 5.78 Å². The van der Waals surface area contributed by atoms with Crippen molar-refractivity contribution < 1.29 is 54.6 Å². The summed E-state index contributed by atoms with van der Waals surface area (Å²) in [5, 5.41) is 7.79. The Bertz CT molecular complexity index is 2580. The van der Waals surface area contributed by atoms with E-state index in [4.69, 9.17) is 4.74 Å². The highest BCUT2D eigenvalue weighted by atomic mass is 32.2. The van der Waals surface area contributed by atoms with Gasteiger partial charge in [-0.05, 0) is 93.2 Å². The fraction of sp³-hybridized carbons (Fsp3) is 0.476. The maximum absolute atomic E-state index is 14.7. The van der Waals surface area contributed by atoms with E-state index in [0.717, 1.165) is 24.6 Å². The topological polar surface area (TPSA) is 179 Å². The third-order valence-electron chi connectivity index (χ3n) is 12.3. The summed E-state index contributed by atoms with van der Waals surface area (Å²) >= 11 is 0. The number of allylic oxidation sites excluding steroid dienone is 2. The fourth-order valence-electron chi connectivity index (χ4n) is 8.43. The molecule has 61 heavy (non-hydrogen) atoms. The number of hydrogen-bond donors (Lipinski definition) is 2. The normalized spacial score (nSPS) is 26.1. The molecule has 19 heteroatoms. The number of aryl methyl sites for hydroxylation is 1. The maximum atomic E-state index is 14.7. The minimum Gasteiger partial charge on any atom is -0.472 e. The number of sulfonamides is 1. The second kappa shape index (κ2) is 15.7. The lowest BCUT2D eigenvalue weighted by atomic mass is 9.91. The molecule has 8 rings (SSSR count). The number of hydrogen-bond acceptors (Lipinski definition) is 10. The first-order chi connectivity index (χ1) is 28.8. The van der Waals surface area contributed by atoms with E-state index in [2.05, 4.69) is 24.9 Å². The van der Waals surface area contributed by atoms with Gasteiger partial charge in [0.25, 0.3) is 5.91 Å². The number of ether oxygens (including phenoxy) is 2. The average molecular weight is 869 g/mol. The van der Waals surface area contributed by atoms with Gasteiger partial charge in [-0.3, -0.25) is 28.6 Å². The lowest BCUT2D eigenvalue weighted by Crippen LogP contribution is -2.52. The summed E-state index contributed by atoms with van der Waals surface area (Å²) in [6.45, 7) is 1.30. The monoisotopic (exact) mass is 868 g/mol. The highest BCUT2D eigenvalue weighted by Gasteiger charge is 2.62. The third-order valence-corrected chi connectivity index (χ3v) is 14.5. The Balaban J connectivity index is 1.15. The van der Waals surface area contributed by atoms with E-state index in [1.165, 1.54) is 33.8 Å². The lowest BCUT2D eigenvalue weighted by molar-refractivity contribution is -0.274. The molecule has 3 amide bonds. The summed E-state index contributed by atoms with van der Waals surface area (Å²) in [6, 6.07) is 6.43. The molecular weight excluding hydrogens is 825 g/mol. The molecule has 324 valence electrons. The Morgan fingerprint density at radius 1 is 1.00 bits per heavy atom. The minimum atomic E-state index is -5.02. The van der Waals surface area contributed by atoms with Crippen molar-refractivity contribution >= 4 is 55.2 Å². The number of Topliss-reactive ketones (excluding diaryl/α,β-unsaturated/α-hetero) is 1. The van der Waals surface area contributed by atoms with Gasteiger partial charge >= 0.3 is 6.36 Å². The first-order valence-electron chi connectivity index (χ1n) is 20.2. The van der Waals surface area contributed by atoms with E-state index in [1.54, 1.807) is 20.2 Å². The van der Waals surface area contributed by atoms with Crippen molar-refractivity contribution in [3.8, 4) is 11.6 Å². The van der Waals surface area contributed by atoms with Crippen LogP contribution in [0.15, 0.2) is 60.8 Å². The van der Waals surface area contributed by atoms with Gasteiger partial charge < -0.3 is 19.7 Å². The van der Waals surface area contributed by atoms with E-state index in [1.807, 2.05) is 12.2 Å². The van der Waals surface area contributed by atoms with Crippen molar-refractivity contribution in [1.82, 2.24) is 29.7 Å². The summed E-state index contributed by atoms with van der Waals surface area (Å²) in [6.07, 6.45) is 2.44. The number of amides is 3. The molecule has 0 spiro atoms. The second-order valence-corrected chi connectivity index (χ2v) is 19.0. The van der Waals surface area contributed by atoms with Crippen LogP contribution in [0, 0.1) is 17.2 Å². The van der Waals surface area contributed by atoms with Gasteiger partial charge in [0.05, 0.1) is 28.3 Å². The van der Waals surface area contributed by atoms with Crippen LogP contribution < -0.4 is 19.5 Å². The maximum Gasteiger partial charge on any atom is 0.573 e. The van der Waals surface area contributed by atoms with E-state index in [9.17, 15) is 45.2 Å². The second-order valence-electron chi connectivity index (χ2n) is 16.8. The van der Waals surface area contributed by atoms with Crippen molar-refractivity contribution in [1.29, 1.82) is 0 Å². The van der Waals surface area contributed by atoms with E-state index in [-0.39, 0.29) is 48.3 Å². The van der Waals surface area contributed by atoms with Crippen LogP contribution in [0.1, 0.15) is 81.6 Å². The van der Waals surface area contributed by atoms with Gasteiger partial charge in [0.1, 0.15) is 29.4 Å². The molecule has 2 saturated carbocycles. The number of halogens is 4. The Morgan fingerprint density at radius 3 is 2.49 bits per heavy atom. The van der Waals surface area contributed by atoms with E-state index < -0.39 is 92.1 Å². The molecule has 0 bridgehead atoms. The molecule has 0 radical (unpaired) electrons. The highest BCUT2D eigenvalue weighted by molar-refractivity contribution is 7.91. The van der Waals surface area contributed by atoms with Gasteiger partial charge in [-0.25, -0.2) is 17.8 Å². The number of aromatic nitrogens is 3. The Labute approximate surface area is 348 Å². The van der Waals surface area contributed by atoms with Crippen molar-refractivity contribution in [2.24, 2.45) is 18.4 Å². The summed E-state index contributed by atoms with van der Waals surface area (Å²) in [4.78, 5) is 62.5. The summed E-state index contributed by atoms with van der Waals surface area (Å²) in [7, 11) is -2.42. The number of rotatable bonds is 8. The van der Waals surface area contributed by atoms with Crippen LogP contribution in [0.3, 0.4) is 0 Å². The molecule has 2 aromatic carbocycles. The van der Waals surface area contributed by atoms with Gasteiger partial charge in [-0.1, -0.05) is 25.0 Å². The molecule has 4 aliphatic rings. The highest BCUT2D eigenvalue weighted by Crippen LogP contribution is 2.57. The van der Waals surface area contributed by atoms with Gasteiger partial charge in [-0.2, -0.15) is 5.10 Å². The van der Waals surface area contributed by atoms with Crippen LogP contribution in [0.25, 0.3) is 21.7 Å². The number of pyridine rings is 1. The predicted octanol–water partition coefficient (Wildman–Crippen LogP) is 5.79. The van der Waals surface area contributed by atoms with E-state index in [0.29, 0.717) is 42.9 Å². The summed E-state index contributed by atoms with van der Waals surface area (Å²) < 4.78 is 94.1. The first-order valence-corrected chi connectivity index (χ1v) is 21.7. The van der Waals surface area contributed by atoms with Crippen molar-refractivity contribution in [2.75, 3.05) is 6.54 Å². The Morgan fingerprint density at radius 2 is 1.77 bits per heavy atom. The molecular formula is C42H44F4N6O8S. The van der Waals surface area contributed by atoms with Crippen molar-refractivity contribution in [3.63, 3.8) is 0 Å². The Hall–Kier alpha value is -5.59. The SMILES string of the molecule is Cn1ccc(C(=O)N[C@H]2CCCCC/C=C\[C@@H]3C[C@@]3(C(=O)NS(=O)(=O)C3(C)CC3)CC(=O)[C@@H]3C[C@@H](Oc4nc5cc(F)ccc5c5ccc(OC(F)(F)F)cc45)CN3C2=O)n1. The summed E-state index contributed by atoms with van der Waals surface area (Å²) in [5.74, 6) is -4.45. The molecule has 0 unspecified atom stereocenters. The van der Waals surface area contributed by atoms with Crippen molar-refractivity contribution in [2.45, 2.75) is 100 Å². The first kappa shape index (κ1) is 42.1. The number of nitrogens with zero attached hydrogens (tertiary/aromatic N) is 4. The van der Waals surface area contributed by atoms with Gasteiger partial charge in [0.2, 0.25) is 27.7 Å². The molecule has 14 nitrogen and oxygen atoms in total. The molecule has 2 aromatic heterocycles. The largest absolute Gasteiger partial charge is 0.573 e. The zero-order valence-corrected chi connectivity index (χ0v) is 34.2. The number of ketones is 1. The molecule has 2 aliphatic carbocycles. The number of carbonyl (C=O) groups excluding carboxylic acids is 4. The van der Waals surface area contributed by atoms with E-state index >= 15 is 0 Å². The molecule has 1 saturated heterocycles. The molecule has 2 N–H and O–H groups in total. The van der Waals surface area contributed by atoms with Gasteiger partial charge in [-0.15, -0.1) is 13.2 Å². The molecule has 4 heterocycles. The standard InChI is InChI=1S/C42H44F4N6O8S/c1-40(15-16-40)61(57,58)50-39(56)41-21-24(41)8-6-4-3-5-7-9-32(47-36(54)31-14-17-51(2)49-31)38(55)52-23-27(20-34(52)35(53)22-41)59-37-30-19-26(60-42(44,45)46)11-13-28(30)29-12-10-25(43)18-33(29)48-37/h6,8,10-14,17-19,24,27,32,34H,3-5,7,9,15-16,20-23H2,1-2H3,(H,47,54)(H,50,56)/b8-6-/t24-,27-,32+,34+,41-/m1/s1. The number of carbonyl (C=O) groups is 4. The van der Waals surface area contributed by atoms with Crippen LogP contribution >= 0.6 is 0 Å². The number of benzene rings is 2.